The third kappa shape index (κ3) is 4.48. The van der Waals surface area contributed by atoms with Crippen LogP contribution < -0.4 is 10.9 Å². The number of fused-ring (bicyclic) bond motifs is 1. The third-order valence-corrected chi connectivity index (χ3v) is 4.62. The number of β-amino-alcohol motifs (C(OH)–C–C–N with tert-alkyl or cyclic N) is 1. The first kappa shape index (κ1) is 18.9. The Bertz CT molecular complexity index is 993. The van der Waals surface area contributed by atoms with Gasteiger partial charge < -0.3 is 25.6 Å². The molecular weight excluding hydrogens is 344 g/mol. The topological polar surface area (TPSA) is 106 Å². The van der Waals surface area contributed by atoms with Gasteiger partial charge in [0, 0.05) is 23.5 Å². The molecule has 0 aliphatic rings. The molecule has 2 aromatic carbocycles. The molecule has 5 N–H and O–H groups in total. The van der Waals surface area contributed by atoms with E-state index in [0.717, 1.165) is 12.0 Å². The lowest BCUT2D eigenvalue weighted by atomic mass is 9.94. The van der Waals surface area contributed by atoms with Gasteiger partial charge in [-0.3, -0.25) is 4.79 Å². The van der Waals surface area contributed by atoms with E-state index in [1.165, 1.54) is 12.1 Å². The number of hydrogen-bond acceptors (Lipinski definition) is 5. The summed E-state index contributed by atoms with van der Waals surface area (Å²) in [4.78, 5) is 14.1. The summed E-state index contributed by atoms with van der Waals surface area (Å²) in [5.74, 6) is 0.205. The highest BCUT2D eigenvalue weighted by Crippen LogP contribution is 2.29. The molecule has 0 amide bonds. The number of aromatic amines is 1. The number of pyridine rings is 1. The molecule has 1 heterocycles. The number of aromatic hydroxyl groups is 2. The van der Waals surface area contributed by atoms with E-state index in [4.69, 9.17) is 0 Å². The summed E-state index contributed by atoms with van der Waals surface area (Å²) in [6.07, 6.45) is -0.0815. The third-order valence-electron chi connectivity index (χ3n) is 4.62. The number of benzene rings is 2. The van der Waals surface area contributed by atoms with Crippen LogP contribution in [0.5, 0.6) is 11.5 Å². The Morgan fingerprint density at radius 3 is 2.44 bits per heavy atom. The average molecular weight is 368 g/mol. The second kappa shape index (κ2) is 7.42. The number of hydrogen-bond donors (Lipinski definition) is 5. The smallest absolute Gasteiger partial charge is 0.248 e. The highest BCUT2D eigenvalue weighted by molar-refractivity contribution is 5.87. The molecule has 0 saturated heterocycles. The normalized spacial score (nSPS) is 13.0. The van der Waals surface area contributed by atoms with E-state index in [2.05, 4.69) is 10.3 Å². The monoisotopic (exact) mass is 368 g/mol. The first-order chi connectivity index (χ1) is 12.7. The van der Waals surface area contributed by atoms with Crippen LogP contribution >= 0.6 is 0 Å². The van der Waals surface area contributed by atoms with Crippen LogP contribution in [0.3, 0.4) is 0 Å². The van der Waals surface area contributed by atoms with Crippen molar-refractivity contribution in [1.82, 2.24) is 10.3 Å². The summed E-state index contributed by atoms with van der Waals surface area (Å²) in [7, 11) is 0. The predicted octanol–water partition coefficient (Wildman–Crippen LogP) is 2.58. The van der Waals surface area contributed by atoms with E-state index in [-0.39, 0.29) is 22.6 Å². The van der Waals surface area contributed by atoms with Crippen molar-refractivity contribution in [2.24, 2.45) is 0 Å². The quantitative estimate of drug-likeness (QED) is 0.460. The molecule has 0 spiro atoms. The van der Waals surface area contributed by atoms with Crippen molar-refractivity contribution in [3.05, 3.63) is 70.0 Å². The molecule has 3 rings (SSSR count). The minimum absolute atomic E-state index is 0.0285. The van der Waals surface area contributed by atoms with Crippen molar-refractivity contribution in [2.45, 2.75) is 31.9 Å². The fourth-order valence-electron chi connectivity index (χ4n) is 3.22. The average Bonchev–Trinajstić information content (AvgIpc) is 2.62. The van der Waals surface area contributed by atoms with E-state index >= 15 is 0 Å². The van der Waals surface area contributed by atoms with Crippen molar-refractivity contribution in [2.75, 3.05) is 6.54 Å². The van der Waals surface area contributed by atoms with Gasteiger partial charge in [-0.25, -0.2) is 0 Å². The van der Waals surface area contributed by atoms with E-state index < -0.39 is 6.10 Å². The number of phenolic OH excluding ortho intramolecular Hbond substituents is 2. The minimum Gasteiger partial charge on any atom is -0.508 e. The maximum atomic E-state index is 11.5. The summed E-state index contributed by atoms with van der Waals surface area (Å²) in [6.45, 7) is 4.39. The number of rotatable bonds is 6. The second-order valence-corrected chi connectivity index (χ2v) is 7.41. The Kier molecular flexibility index (Phi) is 5.21. The SMILES string of the molecule is CC(C)(Cc1ccc(O)cc1)NCC(O)c1ccc(O)c2[nH]c(=O)ccc12. The van der Waals surface area contributed by atoms with Gasteiger partial charge in [0.25, 0.3) is 0 Å². The molecular formula is C21H24N2O4. The Morgan fingerprint density at radius 1 is 1.04 bits per heavy atom. The predicted molar refractivity (Wildman–Crippen MR) is 105 cm³/mol. The summed E-state index contributed by atoms with van der Waals surface area (Å²) in [5.41, 5.74) is 1.44. The molecule has 0 fully saturated rings. The zero-order chi connectivity index (χ0) is 19.6. The van der Waals surface area contributed by atoms with Gasteiger partial charge in [-0.2, -0.15) is 0 Å². The van der Waals surface area contributed by atoms with Crippen LogP contribution in [0.4, 0.5) is 0 Å². The molecule has 142 valence electrons. The van der Waals surface area contributed by atoms with Crippen molar-refractivity contribution >= 4 is 10.9 Å². The van der Waals surface area contributed by atoms with Gasteiger partial charge in [-0.15, -0.1) is 0 Å². The van der Waals surface area contributed by atoms with E-state index in [1.807, 2.05) is 26.0 Å². The van der Waals surface area contributed by atoms with Crippen LogP contribution in [-0.4, -0.2) is 32.4 Å². The number of phenols is 2. The number of aromatic nitrogens is 1. The van der Waals surface area contributed by atoms with E-state index in [0.29, 0.717) is 23.0 Å². The van der Waals surface area contributed by atoms with Gasteiger partial charge >= 0.3 is 0 Å². The Hall–Kier alpha value is -2.83. The summed E-state index contributed by atoms with van der Waals surface area (Å²) in [5, 5.41) is 34.0. The Morgan fingerprint density at radius 2 is 1.74 bits per heavy atom. The van der Waals surface area contributed by atoms with Crippen molar-refractivity contribution in [3.63, 3.8) is 0 Å². The molecule has 0 saturated carbocycles. The second-order valence-electron chi connectivity index (χ2n) is 7.41. The lowest BCUT2D eigenvalue weighted by molar-refractivity contribution is 0.162. The number of aliphatic hydroxyl groups is 1. The van der Waals surface area contributed by atoms with Crippen LogP contribution in [0.15, 0.2) is 53.3 Å². The van der Waals surface area contributed by atoms with Crippen molar-refractivity contribution < 1.29 is 15.3 Å². The molecule has 0 aliphatic heterocycles. The van der Waals surface area contributed by atoms with Crippen LogP contribution in [0.1, 0.15) is 31.1 Å². The van der Waals surface area contributed by atoms with Gasteiger partial charge in [0.15, 0.2) is 0 Å². The molecule has 1 unspecified atom stereocenters. The summed E-state index contributed by atoms with van der Waals surface area (Å²) < 4.78 is 0. The molecule has 1 atom stereocenters. The Balaban J connectivity index is 1.74. The highest BCUT2D eigenvalue weighted by atomic mass is 16.3. The largest absolute Gasteiger partial charge is 0.508 e. The van der Waals surface area contributed by atoms with Crippen LogP contribution in [0, 0.1) is 0 Å². The van der Waals surface area contributed by atoms with Gasteiger partial charge in [-0.05, 0) is 55.7 Å². The van der Waals surface area contributed by atoms with Crippen molar-refractivity contribution in [3.8, 4) is 11.5 Å². The van der Waals surface area contributed by atoms with E-state index in [1.54, 1.807) is 24.3 Å². The van der Waals surface area contributed by atoms with E-state index in [9.17, 15) is 20.1 Å². The molecule has 1 aromatic heterocycles. The first-order valence-electron chi connectivity index (χ1n) is 8.81. The van der Waals surface area contributed by atoms with Crippen molar-refractivity contribution in [1.29, 1.82) is 0 Å². The number of aliphatic hydroxyl groups excluding tert-OH is 1. The molecule has 0 radical (unpaired) electrons. The van der Waals surface area contributed by atoms with Crippen LogP contribution in [0.2, 0.25) is 0 Å². The molecule has 6 nitrogen and oxygen atoms in total. The lowest BCUT2D eigenvalue weighted by Crippen LogP contribution is -2.43. The standard InChI is InChI=1S/C21H24N2O4/c1-21(2,11-13-3-5-14(24)6-4-13)22-12-18(26)15-7-9-17(25)20-16(15)8-10-19(27)23-20/h3-10,18,22,24-26H,11-12H2,1-2H3,(H,23,27). The fourth-order valence-corrected chi connectivity index (χ4v) is 3.22. The Labute approximate surface area is 157 Å². The lowest BCUT2D eigenvalue weighted by Gasteiger charge is -2.28. The van der Waals surface area contributed by atoms with Crippen LogP contribution in [0.25, 0.3) is 10.9 Å². The zero-order valence-corrected chi connectivity index (χ0v) is 15.4. The maximum Gasteiger partial charge on any atom is 0.248 e. The fraction of sp³-hybridized carbons (Fsp3) is 0.286. The minimum atomic E-state index is -0.807. The molecule has 0 bridgehead atoms. The molecule has 27 heavy (non-hydrogen) atoms. The van der Waals surface area contributed by atoms with Gasteiger partial charge in [-0.1, -0.05) is 18.2 Å². The first-order valence-corrected chi connectivity index (χ1v) is 8.81. The number of H-pyrrole nitrogens is 1. The van der Waals surface area contributed by atoms with Crippen LogP contribution in [-0.2, 0) is 6.42 Å². The van der Waals surface area contributed by atoms with Gasteiger partial charge in [0.2, 0.25) is 5.56 Å². The maximum absolute atomic E-state index is 11.5. The summed E-state index contributed by atoms with van der Waals surface area (Å²) in [6, 6.07) is 13.2. The summed E-state index contributed by atoms with van der Waals surface area (Å²) >= 11 is 0. The van der Waals surface area contributed by atoms with Gasteiger partial charge in [0.05, 0.1) is 11.6 Å². The zero-order valence-electron chi connectivity index (χ0n) is 15.4. The van der Waals surface area contributed by atoms with Gasteiger partial charge in [0.1, 0.15) is 11.5 Å². The highest BCUT2D eigenvalue weighted by Gasteiger charge is 2.21. The molecule has 0 aliphatic carbocycles. The molecule has 3 aromatic rings. The number of nitrogens with one attached hydrogen (secondary N) is 2. The molecule has 6 heteroatoms.